The Hall–Kier alpha value is -1.47. The SMILES string of the molecule is O=C(O)c1cn(CCN2CCCOCC2)nn1. The van der Waals surface area contributed by atoms with E-state index < -0.39 is 5.97 Å². The summed E-state index contributed by atoms with van der Waals surface area (Å²) >= 11 is 0. The molecule has 7 heteroatoms. The molecule has 1 N–H and O–H groups in total. The fourth-order valence-electron chi connectivity index (χ4n) is 1.77. The average molecular weight is 240 g/mol. The molecule has 94 valence electrons. The van der Waals surface area contributed by atoms with Crippen molar-refractivity contribution in [3.05, 3.63) is 11.9 Å². The first-order valence-corrected chi connectivity index (χ1v) is 5.69. The molecule has 0 radical (unpaired) electrons. The van der Waals surface area contributed by atoms with E-state index in [1.165, 1.54) is 6.20 Å². The Labute approximate surface area is 99.0 Å². The number of rotatable bonds is 4. The number of carboxylic acids is 1. The third-order valence-corrected chi connectivity index (χ3v) is 2.72. The number of hydrogen-bond donors (Lipinski definition) is 1. The molecule has 1 fully saturated rings. The smallest absolute Gasteiger partial charge is 0.358 e. The molecule has 17 heavy (non-hydrogen) atoms. The minimum absolute atomic E-state index is 0.0100. The lowest BCUT2D eigenvalue weighted by Gasteiger charge is -2.18. The van der Waals surface area contributed by atoms with Gasteiger partial charge in [-0.25, -0.2) is 4.79 Å². The summed E-state index contributed by atoms with van der Waals surface area (Å²) in [5, 5.41) is 16.1. The van der Waals surface area contributed by atoms with Crippen molar-refractivity contribution in [2.24, 2.45) is 0 Å². The minimum Gasteiger partial charge on any atom is -0.476 e. The van der Waals surface area contributed by atoms with E-state index in [0.717, 1.165) is 39.3 Å². The largest absolute Gasteiger partial charge is 0.476 e. The summed E-state index contributed by atoms with van der Waals surface area (Å²) in [6.07, 6.45) is 2.49. The normalized spacial score (nSPS) is 17.9. The highest BCUT2D eigenvalue weighted by Gasteiger charge is 2.11. The van der Waals surface area contributed by atoms with Crippen LogP contribution in [0.15, 0.2) is 6.20 Å². The number of hydrogen-bond acceptors (Lipinski definition) is 5. The number of carboxylic acid groups (broad SMARTS) is 1. The Kier molecular flexibility index (Phi) is 4.05. The van der Waals surface area contributed by atoms with Crippen molar-refractivity contribution in [3.8, 4) is 0 Å². The van der Waals surface area contributed by atoms with E-state index in [9.17, 15) is 4.79 Å². The molecule has 2 rings (SSSR count). The Bertz CT molecular complexity index is 371. The van der Waals surface area contributed by atoms with Gasteiger partial charge in [0.05, 0.1) is 19.3 Å². The molecule has 0 unspecified atom stereocenters. The summed E-state index contributed by atoms with van der Waals surface area (Å²) in [6, 6.07) is 0. The zero-order valence-corrected chi connectivity index (χ0v) is 9.58. The highest BCUT2D eigenvalue weighted by molar-refractivity contribution is 5.84. The van der Waals surface area contributed by atoms with Crippen molar-refractivity contribution >= 4 is 5.97 Å². The van der Waals surface area contributed by atoms with Crippen molar-refractivity contribution < 1.29 is 14.6 Å². The molecule has 1 aliphatic rings. The molecule has 1 aromatic rings. The number of nitrogens with zero attached hydrogens (tertiary/aromatic N) is 4. The second kappa shape index (κ2) is 5.74. The van der Waals surface area contributed by atoms with E-state index in [-0.39, 0.29) is 5.69 Å². The van der Waals surface area contributed by atoms with Crippen LogP contribution in [-0.4, -0.2) is 63.8 Å². The second-order valence-electron chi connectivity index (χ2n) is 3.98. The Morgan fingerprint density at radius 2 is 2.29 bits per heavy atom. The number of ether oxygens (including phenoxy) is 1. The third kappa shape index (κ3) is 3.50. The van der Waals surface area contributed by atoms with Crippen molar-refractivity contribution in [1.29, 1.82) is 0 Å². The van der Waals surface area contributed by atoms with E-state index in [4.69, 9.17) is 9.84 Å². The van der Waals surface area contributed by atoms with Gasteiger partial charge in [0.2, 0.25) is 0 Å². The predicted octanol–water partition coefficient (Wildman–Crippen LogP) is -0.301. The van der Waals surface area contributed by atoms with Crippen molar-refractivity contribution in [1.82, 2.24) is 19.9 Å². The standard InChI is InChI=1S/C10H16N4O3/c15-10(16)9-8-14(12-11-9)4-3-13-2-1-6-17-7-5-13/h8H,1-7H2,(H,15,16). The van der Waals surface area contributed by atoms with Crippen LogP contribution in [0.25, 0.3) is 0 Å². The maximum atomic E-state index is 10.6. The molecule has 1 aromatic heterocycles. The molecule has 1 aliphatic heterocycles. The first-order chi connectivity index (χ1) is 8.25. The molecule has 0 amide bonds. The summed E-state index contributed by atoms with van der Waals surface area (Å²) in [5.74, 6) is -1.04. The molecule has 0 atom stereocenters. The van der Waals surface area contributed by atoms with Gasteiger partial charge in [0.25, 0.3) is 0 Å². The van der Waals surface area contributed by atoms with Crippen molar-refractivity contribution in [2.45, 2.75) is 13.0 Å². The summed E-state index contributed by atoms with van der Waals surface area (Å²) in [6.45, 7) is 5.01. The minimum atomic E-state index is -1.04. The second-order valence-corrected chi connectivity index (χ2v) is 3.98. The highest BCUT2D eigenvalue weighted by atomic mass is 16.5. The van der Waals surface area contributed by atoms with Crippen LogP contribution in [0, 0.1) is 0 Å². The Morgan fingerprint density at radius 3 is 3.06 bits per heavy atom. The van der Waals surface area contributed by atoms with E-state index >= 15 is 0 Å². The van der Waals surface area contributed by atoms with Crippen LogP contribution >= 0.6 is 0 Å². The number of aromatic carboxylic acids is 1. The van der Waals surface area contributed by atoms with Gasteiger partial charge in [-0.2, -0.15) is 0 Å². The van der Waals surface area contributed by atoms with Crippen LogP contribution in [0.1, 0.15) is 16.9 Å². The zero-order valence-electron chi connectivity index (χ0n) is 9.58. The lowest BCUT2D eigenvalue weighted by Crippen LogP contribution is -2.30. The van der Waals surface area contributed by atoms with Crippen molar-refractivity contribution in [3.63, 3.8) is 0 Å². The van der Waals surface area contributed by atoms with Gasteiger partial charge in [-0.1, -0.05) is 5.21 Å². The lowest BCUT2D eigenvalue weighted by molar-refractivity contribution is 0.0690. The fraction of sp³-hybridized carbons (Fsp3) is 0.700. The van der Waals surface area contributed by atoms with E-state index in [1.54, 1.807) is 4.68 Å². The zero-order chi connectivity index (χ0) is 12.1. The van der Waals surface area contributed by atoms with E-state index in [1.807, 2.05) is 0 Å². The monoisotopic (exact) mass is 240 g/mol. The first-order valence-electron chi connectivity index (χ1n) is 5.69. The van der Waals surface area contributed by atoms with Crippen LogP contribution in [0.4, 0.5) is 0 Å². The van der Waals surface area contributed by atoms with Gasteiger partial charge in [0.1, 0.15) is 0 Å². The first kappa shape index (κ1) is 12.0. The summed E-state index contributed by atoms with van der Waals surface area (Å²) in [5.41, 5.74) is -0.0100. The topological polar surface area (TPSA) is 80.5 Å². The van der Waals surface area contributed by atoms with Crippen LogP contribution in [0.2, 0.25) is 0 Å². The van der Waals surface area contributed by atoms with E-state index in [0.29, 0.717) is 6.54 Å². The van der Waals surface area contributed by atoms with Gasteiger partial charge in [-0.15, -0.1) is 5.10 Å². The molecule has 1 saturated heterocycles. The van der Waals surface area contributed by atoms with Crippen molar-refractivity contribution in [2.75, 3.05) is 32.8 Å². The summed E-state index contributed by atoms with van der Waals surface area (Å²) < 4.78 is 6.92. The highest BCUT2D eigenvalue weighted by Crippen LogP contribution is 2.00. The van der Waals surface area contributed by atoms with Gasteiger partial charge in [0.15, 0.2) is 5.69 Å². The molecule has 2 heterocycles. The Balaban J connectivity index is 1.81. The van der Waals surface area contributed by atoms with Gasteiger partial charge in [-0.3, -0.25) is 9.58 Å². The van der Waals surface area contributed by atoms with Crippen LogP contribution < -0.4 is 0 Å². The molecule has 0 bridgehead atoms. The predicted molar refractivity (Wildman–Crippen MR) is 58.9 cm³/mol. The number of carbonyl (C=O) groups is 1. The molecule has 0 aromatic carbocycles. The summed E-state index contributed by atoms with van der Waals surface area (Å²) in [4.78, 5) is 12.9. The number of aromatic nitrogens is 3. The molecule has 7 nitrogen and oxygen atoms in total. The molecule has 0 aliphatic carbocycles. The fourth-order valence-corrected chi connectivity index (χ4v) is 1.77. The molecule has 0 spiro atoms. The van der Waals surface area contributed by atoms with E-state index in [2.05, 4.69) is 15.2 Å². The lowest BCUT2D eigenvalue weighted by atomic mass is 10.4. The molecule has 0 saturated carbocycles. The maximum Gasteiger partial charge on any atom is 0.358 e. The molecular weight excluding hydrogens is 224 g/mol. The quantitative estimate of drug-likeness (QED) is 0.778. The van der Waals surface area contributed by atoms with Gasteiger partial charge in [-0.05, 0) is 6.42 Å². The van der Waals surface area contributed by atoms with Gasteiger partial charge >= 0.3 is 5.97 Å². The Morgan fingerprint density at radius 1 is 1.41 bits per heavy atom. The average Bonchev–Trinajstić information content (AvgIpc) is 2.63. The van der Waals surface area contributed by atoms with Gasteiger partial charge < -0.3 is 9.84 Å². The molecular formula is C10H16N4O3. The summed E-state index contributed by atoms with van der Waals surface area (Å²) in [7, 11) is 0. The maximum absolute atomic E-state index is 10.6. The van der Waals surface area contributed by atoms with Crippen LogP contribution in [-0.2, 0) is 11.3 Å². The van der Waals surface area contributed by atoms with Crippen LogP contribution in [0.3, 0.4) is 0 Å². The third-order valence-electron chi connectivity index (χ3n) is 2.72. The van der Waals surface area contributed by atoms with Gasteiger partial charge in [0, 0.05) is 26.2 Å². The van der Waals surface area contributed by atoms with Crippen LogP contribution in [0.5, 0.6) is 0 Å².